The third-order valence-electron chi connectivity index (χ3n) is 1.41. The van der Waals surface area contributed by atoms with Crippen LogP contribution in [0.25, 0.3) is 0 Å². The van der Waals surface area contributed by atoms with Crippen molar-refractivity contribution < 1.29 is 4.52 Å². The van der Waals surface area contributed by atoms with Gasteiger partial charge >= 0.3 is 0 Å². The highest BCUT2D eigenvalue weighted by Gasteiger charge is 2.01. The Hall–Kier alpha value is -0.850. The highest BCUT2D eigenvalue weighted by Crippen LogP contribution is 2.06. The highest BCUT2D eigenvalue weighted by molar-refractivity contribution is 14.1. The second-order valence-electron chi connectivity index (χ2n) is 2.32. The standard InChI is InChI=1S/C7H6IN3O/c8-7-4-6(12-10-7)5-11-3-1-2-9-11/h1-4H,5H2. The molecule has 0 saturated heterocycles. The average Bonchev–Trinajstić information content (AvgIpc) is 2.63. The third-order valence-corrected chi connectivity index (χ3v) is 1.92. The monoisotopic (exact) mass is 275 g/mol. The fourth-order valence-corrected chi connectivity index (χ4v) is 1.36. The molecule has 0 N–H and O–H groups in total. The van der Waals surface area contributed by atoms with Crippen LogP contribution in [0.15, 0.2) is 29.0 Å². The van der Waals surface area contributed by atoms with Crippen molar-refractivity contribution in [1.82, 2.24) is 14.9 Å². The Kier molecular flexibility index (Phi) is 2.11. The van der Waals surface area contributed by atoms with E-state index in [2.05, 4.69) is 32.8 Å². The Balaban J connectivity index is 2.14. The highest BCUT2D eigenvalue weighted by atomic mass is 127. The molecule has 0 aromatic carbocycles. The summed E-state index contributed by atoms with van der Waals surface area (Å²) in [6, 6.07) is 3.77. The summed E-state index contributed by atoms with van der Waals surface area (Å²) in [5.74, 6) is 0.822. The minimum atomic E-state index is 0.642. The lowest BCUT2D eigenvalue weighted by Gasteiger charge is -1.93. The molecule has 0 aliphatic heterocycles. The largest absolute Gasteiger partial charge is 0.358 e. The number of hydrogen-bond acceptors (Lipinski definition) is 3. The first-order chi connectivity index (χ1) is 5.84. The number of nitrogens with zero attached hydrogens (tertiary/aromatic N) is 3. The summed E-state index contributed by atoms with van der Waals surface area (Å²) in [6.07, 6.45) is 3.62. The van der Waals surface area contributed by atoms with Gasteiger partial charge in [0, 0.05) is 18.5 Å². The van der Waals surface area contributed by atoms with Crippen molar-refractivity contribution in [3.63, 3.8) is 0 Å². The molecule has 5 heteroatoms. The van der Waals surface area contributed by atoms with Gasteiger partial charge in [0.2, 0.25) is 0 Å². The molecule has 0 unspecified atom stereocenters. The maximum Gasteiger partial charge on any atom is 0.159 e. The van der Waals surface area contributed by atoms with Gasteiger partial charge in [-0.15, -0.1) is 0 Å². The van der Waals surface area contributed by atoms with Crippen LogP contribution in [0.4, 0.5) is 0 Å². The first-order valence-corrected chi connectivity index (χ1v) is 4.51. The summed E-state index contributed by atoms with van der Waals surface area (Å²) in [5, 5.41) is 7.81. The molecule has 4 nitrogen and oxygen atoms in total. The summed E-state index contributed by atoms with van der Waals surface area (Å²) in [7, 11) is 0. The smallest absolute Gasteiger partial charge is 0.159 e. The van der Waals surface area contributed by atoms with Gasteiger partial charge in [0.15, 0.2) is 5.76 Å². The zero-order chi connectivity index (χ0) is 8.39. The SMILES string of the molecule is Ic1cc(Cn2cccn2)on1. The van der Waals surface area contributed by atoms with Crippen LogP contribution in [0.3, 0.4) is 0 Å². The van der Waals surface area contributed by atoms with E-state index in [4.69, 9.17) is 4.52 Å². The molecule has 2 heterocycles. The van der Waals surface area contributed by atoms with Crippen molar-refractivity contribution in [3.05, 3.63) is 34.0 Å². The minimum Gasteiger partial charge on any atom is -0.358 e. The molecule has 0 aliphatic rings. The quantitative estimate of drug-likeness (QED) is 0.780. The van der Waals surface area contributed by atoms with Crippen LogP contribution >= 0.6 is 22.6 Å². The van der Waals surface area contributed by atoms with Crippen molar-refractivity contribution in [2.45, 2.75) is 6.54 Å². The number of aromatic nitrogens is 3. The number of halogens is 1. The first-order valence-electron chi connectivity index (χ1n) is 3.43. The topological polar surface area (TPSA) is 43.9 Å². The fraction of sp³-hybridized carbons (Fsp3) is 0.143. The zero-order valence-electron chi connectivity index (χ0n) is 6.14. The van der Waals surface area contributed by atoms with Gasteiger partial charge < -0.3 is 4.52 Å². The van der Waals surface area contributed by atoms with Crippen LogP contribution in [0.1, 0.15) is 5.76 Å². The average molecular weight is 275 g/mol. The molecule has 2 aromatic heterocycles. The van der Waals surface area contributed by atoms with Gasteiger partial charge in [-0.2, -0.15) is 5.10 Å². The van der Waals surface area contributed by atoms with Crippen LogP contribution in [0.5, 0.6) is 0 Å². The second-order valence-corrected chi connectivity index (χ2v) is 3.42. The molecule has 0 spiro atoms. The lowest BCUT2D eigenvalue weighted by Crippen LogP contribution is -1.97. The molecule has 0 bridgehead atoms. The summed E-state index contributed by atoms with van der Waals surface area (Å²) in [4.78, 5) is 0. The Morgan fingerprint density at radius 2 is 2.50 bits per heavy atom. The molecule has 0 saturated carbocycles. The number of rotatable bonds is 2. The van der Waals surface area contributed by atoms with E-state index < -0.39 is 0 Å². The molecule has 12 heavy (non-hydrogen) atoms. The van der Waals surface area contributed by atoms with E-state index in [9.17, 15) is 0 Å². The molecule has 0 radical (unpaired) electrons. The Morgan fingerprint density at radius 3 is 3.08 bits per heavy atom. The van der Waals surface area contributed by atoms with Crippen LogP contribution in [-0.2, 0) is 6.54 Å². The maximum absolute atomic E-state index is 5.02. The minimum absolute atomic E-state index is 0.642. The van der Waals surface area contributed by atoms with Crippen LogP contribution in [0, 0.1) is 3.70 Å². The summed E-state index contributed by atoms with van der Waals surface area (Å²) >= 11 is 2.11. The molecular formula is C7H6IN3O. The van der Waals surface area contributed by atoms with Crippen LogP contribution in [0.2, 0.25) is 0 Å². The van der Waals surface area contributed by atoms with Gasteiger partial charge in [-0.05, 0) is 28.7 Å². The predicted octanol–water partition coefficient (Wildman–Crippen LogP) is 1.52. The Morgan fingerprint density at radius 1 is 1.58 bits per heavy atom. The van der Waals surface area contributed by atoms with Crippen molar-refractivity contribution in [2.24, 2.45) is 0 Å². The molecular weight excluding hydrogens is 269 g/mol. The van der Waals surface area contributed by atoms with E-state index in [0.717, 1.165) is 9.46 Å². The second kappa shape index (κ2) is 3.26. The zero-order valence-corrected chi connectivity index (χ0v) is 8.30. The van der Waals surface area contributed by atoms with Crippen LogP contribution < -0.4 is 0 Å². The maximum atomic E-state index is 5.02. The van der Waals surface area contributed by atoms with E-state index in [0.29, 0.717) is 6.54 Å². The van der Waals surface area contributed by atoms with E-state index in [1.165, 1.54) is 0 Å². The molecule has 2 aromatic rings. The van der Waals surface area contributed by atoms with Gasteiger partial charge in [0.25, 0.3) is 0 Å². The molecule has 0 aliphatic carbocycles. The Bertz CT molecular complexity index is 354. The van der Waals surface area contributed by atoms with Crippen LogP contribution in [-0.4, -0.2) is 14.9 Å². The summed E-state index contributed by atoms with van der Waals surface area (Å²) in [6.45, 7) is 0.642. The summed E-state index contributed by atoms with van der Waals surface area (Å²) < 4.78 is 7.68. The predicted molar refractivity (Wildman–Crippen MR) is 50.5 cm³/mol. The number of hydrogen-bond donors (Lipinski definition) is 0. The van der Waals surface area contributed by atoms with Crippen molar-refractivity contribution in [1.29, 1.82) is 0 Å². The third kappa shape index (κ3) is 1.66. The molecule has 2 rings (SSSR count). The first kappa shape index (κ1) is 7.78. The molecule has 62 valence electrons. The lowest BCUT2D eigenvalue weighted by molar-refractivity contribution is 0.368. The van der Waals surface area contributed by atoms with E-state index in [1.807, 2.05) is 18.3 Å². The lowest BCUT2D eigenvalue weighted by atomic mass is 10.5. The van der Waals surface area contributed by atoms with Crippen molar-refractivity contribution >= 4 is 22.6 Å². The van der Waals surface area contributed by atoms with Crippen molar-refractivity contribution in [2.75, 3.05) is 0 Å². The van der Waals surface area contributed by atoms with E-state index in [1.54, 1.807) is 10.9 Å². The van der Waals surface area contributed by atoms with Gasteiger partial charge in [-0.25, -0.2) is 0 Å². The van der Waals surface area contributed by atoms with Gasteiger partial charge in [0.1, 0.15) is 10.2 Å². The van der Waals surface area contributed by atoms with Gasteiger partial charge in [0.05, 0.1) is 0 Å². The molecule has 0 amide bonds. The van der Waals surface area contributed by atoms with E-state index >= 15 is 0 Å². The summed E-state index contributed by atoms with van der Waals surface area (Å²) in [5.41, 5.74) is 0. The molecule has 0 fully saturated rings. The Labute approximate surface area is 82.7 Å². The van der Waals surface area contributed by atoms with Gasteiger partial charge in [-0.1, -0.05) is 5.16 Å². The normalized spacial score (nSPS) is 10.4. The molecule has 0 atom stereocenters. The fourth-order valence-electron chi connectivity index (χ4n) is 0.916. The van der Waals surface area contributed by atoms with Crippen molar-refractivity contribution in [3.8, 4) is 0 Å². The van der Waals surface area contributed by atoms with Gasteiger partial charge in [-0.3, -0.25) is 4.68 Å². The van der Waals surface area contributed by atoms with E-state index in [-0.39, 0.29) is 0 Å².